The second-order valence-electron chi connectivity index (χ2n) is 7.87. The lowest BCUT2D eigenvalue weighted by molar-refractivity contribution is -0.122. The molecule has 1 aliphatic carbocycles. The predicted octanol–water partition coefficient (Wildman–Crippen LogP) is 1.79. The van der Waals surface area contributed by atoms with Crippen LogP contribution in [0.4, 0.5) is 0 Å². The van der Waals surface area contributed by atoms with E-state index in [-0.39, 0.29) is 35.8 Å². The van der Waals surface area contributed by atoms with Gasteiger partial charge in [0.1, 0.15) is 0 Å². The molecule has 0 aromatic heterocycles. The van der Waals surface area contributed by atoms with Crippen LogP contribution in [-0.2, 0) is 14.8 Å². The first-order valence-corrected chi connectivity index (χ1v) is 12.3. The molecule has 174 valence electrons. The Kier molecular flexibility index (Phi) is 10.5. The summed E-state index contributed by atoms with van der Waals surface area (Å²) < 4.78 is 27.0. The molecule has 1 saturated heterocycles. The fourth-order valence-corrected chi connectivity index (χ4v) is 4.98. The van der Waals surface area contributed by atoms with Crippen molar-refractivity contribution < 1.29 is 13.2 Å². The zero-order chi connectivity index (χ0) is 21.4. The van der Waals surface area contributed by atoms with Gasteiger partial charge in [-0.2, -0.15) is 4.31 Å². The Balaban J connectivity index is 0.00000341. The van der Waals surface area contributed by atoms with Crippen LogP contribution in [0.5, 0.6) is 0 Å². The van der Waals surface area contributed by atoms with Crippen molar-refractivity contribution >= 4 is 45.9 Å². The van der Waals surface area contributed by atoms with Gasteiger partial charge in [0.05, 0.1) is 4.90 Å². The number of aliphatic imine (C=N–C) groups is 1. The number of guanidine groups is 1. The number of piperidine rings is 1. The lowest BCUT2D eigenvalue weighted by Crippen LogP contribution is -2.42. The third-order valence-corrected chi connectivity index (χ3v) is 7.38. The van der Waals surface area contributed by atoms with Gasteiger partial charge in [0, 0.05) is 45.2 Å². The van der Waals surface area contributed by atoms with Gasteiger partial charge in [-0.3, -0.25) is 9.79 Å². The molecule has 2 fully saturated rings. The SMILES string of the molecule is CCNC(=NCC1CCN(S(=O)(=O)c2ccccc2)CC1)NCCNC(=O)C1CC1.I. The van der Waals surface area contributed by atoms with E-state index in [2.05, 4.69) is 20.9 Å². The molecule has 0 unspecified atom stereocenters. The molecule has 1 saturated carbocycles. The summed E-state index contributed by atoms with van der Waals surface area (Å²) in [6, 6.07) is 8.61. The summed E-state index contributed by atoms with van der Waals surface area (Å²) in [7, 11) is -3.41. The first-order chi connectivity index (χ1) is 14.5. The van der Waals surface area contributed by atoms with Crippen molar-refractivity contribution in [3.05, 3.63) is 30.3 Å². The molecule has 0 bridgehead atoms. The molecule has 3 rings (SSSR count). The van der Waals surface area contributed by atoms with Crippen LogP contribution in [0, 0.1) is 11.8 Å². The van der Waals surface area contributed by atoms with E-state index in [1.807, 2.05) is 13.0 Å². The highest BCUT2D eigenvalue weighted by Gasteiger charge is 2.30. The minimum atomic E-state index is -3.41. The van der Waals surface area contributed by atoms with Crippen LogP contribution in [0.15, 0.2) is 40.2 Å². The molecule has 0 atom stereocenters. The molecule has 1 heterocycles. The quantitative estimate of drug-likeness (QED) is 0.184. The predicted molar refractivity (Wildman–Crippen MR) is 133 cm³/mol. The Morgan fingerprint density at radius 2 is 1.68 bits per heavy atom. The molecule has 1 aromatic rings. The number of carbonyl (C=O) groups excluding carboxylic acids is 1. The zero-order valence-electron chi connectivity index (χ0n) is 18.0. The Hall–Kier alpha value is -1.40. The average molecular weight is 564 g/mol. The van der Waals surface area contributed by atoms with Gasteiger partial charge in [-0.1, -0.05) is 18.2 Å². The van der Waals surface area contributed by atoms with E-state index >= 15 is 0 Å². The van der Waals surface area contributed by atoms with Gasteiger partial charge in [0.2, 0.25) is 15.9 Å². The van der Waals surface area contributed by atoms with Crippen molar-refractivity contribution in [2.24, 2.45) is 16.8 Å². The summed E-state index contributed by atoms with van der Waals surface area (Å²) in [6.07, 6.45) is 3.61. The molecule has 3 N–H and O–H groups in total. The lowest BCUT2D eigenvalue weighted by Gasteiger charge is -2.30. The van der Waals surface area contributed by atoms with Crippen LogP contribution >= 0.6 is 24.0 Å². The highest BCUT2D eigenvalue weighted by Crippen LogP contribution is 2.28. The normalized spacial score (nSPS) is 18.2. The van der Waals surface area contributed by atoms with Crippen LogP contribution in [0.3, 0.4) is 0 Å². The monoisotopic (exact) mass is 563 g/mol. The number of benzene rings is 1. The highest BCUT2D eigenvalue weighted by atomic mass is 127. The van der Waals surface area contributed by atoms with E-state index < -0.39 is 10.0 Å². The molecule has 0 spiro atoms. The van der Waals surface area contributed by atoms with E-state index in [0.717, 1.165) is 38.2 Å². The molecule has 1 aliphatic heterocycles. The van der Waals surface area contributed by atoms with Crippen molar-refractivity contribution in [2.45, 2.75) is 37.5 Å². The maximum absolute atomic E-state index is 12.7. The second-order valence-corrected chi connectivity index (χ2v) is 9.81. The number of amides is 1. The summed E-state index contributed by atoms with van der Waals surface area (Å²) >= 11 is 0. The van der Waals surface area contributed by atoms with Crippen LogP contribution in [0.2, 0.25) is 0 Å². The molecule has 8 nitrogen and oxygen atoms in total. The first-order valence-electron chi connectivity index (χ1n) is 10.9. The van der Waals surface area contributed by atoms with E-state index in [1.165, 1.54) is 0 Å². The molecular weight excluding hydrogens is 529 g/mol. The Morgan fingerprint density at radius 1 is 1.03 bits per heavy atom. The van der Waals surface area contributed by atoms with Crippen LogP contribution < -0.4 is 16.0 Å². The molecule has 2 aliphatic rings. The summed E-state index contributed by atoms with van der Waals surface area (Å²) in [5, 5.41) is 9.40. The van der Waals surface area contributed by atoms with Crippen molar-refractivity contribution in [3.63, 3.8) is 0 Å². The van der Waals surface area contributed by atoms with Crippen molar-refractivity contribution in [3.8, 4) is 0 Å². The van der Waals surface area contributed by atoms with Crippen LogP contribution in [0.25, 0.3) is 0 Å². The number of hydrogen-bond acceptors (Lipinski definition) is 4. The summed E-state index contributed by atoms with van der Waals surface area (Å²) in [4.78, 5) is 16.7. The number of sulfonamides is 1. The van der Waals surface area contributed by atoms with Crippen molar-refractivity contribution in [2.75, 3.05) is 39.3 Å². The summed E-state index contributed by atoms with van der Waals surface area (Å²) in [5.74, 6) is 1.47. The largest absolute Gasteiger partial charge is 0.357 e. The van der Waals surface area contributed by atoms with Crippen molar-refractivity contribution in [1.82, 2.24) is 20.3 Å². The third kappa shape index (κ3) is 7.90. The number of hydrogen-bond donors (Lipinski definition) is 3. The standard InChI is InChI=1S/C21H33N5O3S.HI/c1-2-22-21(24-13-12-23-20(27)18-8-9-18)25-16-17-10-14-26(15-11-17)30(28,29)19-6-4-3-5-7-19;/h3-7,17-18H,2,8-16H2,1H3,(H,23,27)(H2,22,24,25);1H. The number of halogens is 1. The summed E-state index contributed by atoms with van der Waals surface area (Å²) in [6.45, 7) is 5.67. The molecule has 10 heteroatoms. The van der Waals surface area contributed by atoms with Gasteiger partial charge in [0.15, 0.2) is 5.96 Å². The average Bonchev–Trinajstić information content (AvgIpc) is 3.61. The lowest BCUT2D eigenvalue weighted by atomic mass is 9.98. The van der Waals surface area contributed by atoms with Gasteiger partial charge in [0.25, 0.3) is 0 Å². The van der Waals surface area contributed by atoms with E-state index in [0.29, 0.717) is 43.5 Å². The smallest absolute Gasteiger partial charge is 0.243 e. The number of rotatable bonds is 9. The second kappa shape index (κ2) is 12.6. The minimum absolute atomic E-state index is 0. The first kappa shape index (κ1) is 25.9. The zero-order valence-corrected chi connectivity index (χ0v) is 21.2. The Bertz CT molecular complexity index is 823. The van der Waals surface area contributed by atoms with Crippen molar-refractivity contribution in [1.29, 1.82) is 0 Å². The van der Waals surface area contributed by atoms with Gasteiger partial charge >= 0.3 is 0 Å². The molecular formula is C21H34IN5O3S. The fourth-order valence-electron chi connectivity index (χ4n) is 3.49. The summed E-state index contributed by atoms with van der Waals surface area (Å²) in [5.41, 5.74) is 0. The highest BCUT2D eigenvalue weighted by molar-refractivity contribution is 14.0. The van der Waals surface area contributed by atoms with E-state index in [9.17, 15) is 13.2 Å². The minimum Gasteiger partial charge on any atom is -0.357 e. The fraction of sp³-hybridized carbons (Fsp3) is 0.619. The van der Waals surface area contributed by atoms with Gasteiger partial charge < -0.3 is 16.0 Å². The Labute approximate surface area is 202 Å². The van der Waals surface area contributed by atoms with Crippen LogP contribution in [0.1, 0.15) is 32.6 Å². The topological polar surface area (TPSA) is 103 Å². The van der Waals surface area contributed by atoms with Gasteiger partial charge in [-0.25, -0.2) is 8.42 Å². The third-order valence-electron chi connectivity index (χ3n) is 5.47. The number of nitrogens with zero attached hydrogens (tertiary/aromatic N) is 2. The number of carbonyl (C=O) groups is 1. The van der Waals surface area contributed by atoms with E-state index in [4.69, 9.17) is 0 Å². The Morgan fingerprint density at radius 3 is 2.29 bits per heavy atom. The van der Waals surface area contributed by atoms with Gasteiger partial charge in [-0.05, 0) is 50.7 Å². The van der Waals surface area contributed by atoms with E-state index in [1.54, 1.807) is 28.6 Å². The molecule has 1 aromatic carbocycles. The maximum atomic E-state index is 12.7. The number of nitrogens with one attached hydrogen (secondary N) is 3. The molecule has 31 heavy (non-hydrogen) atoms. The molecule has 0 radical (unpaired) electrons. The van der Waals surface area contributed by atoms with Gasteiger partial charge in [-0.15, -0.1) is 24.0 Å². The maximum Gasteiger partial charge on any atom is 0.243 e. The van der Waals surface area contributed by atoms with Crippen LogP contribution in [-0.4, -0.2) is 63.9 Å². The molecule has 1 amide bonds.